The van der Waals surface area contributed by atoms with Gasteiger partial charge in [-0.25, -0.2) is 13.1 Å². The molecule has 0 radical (unpaired) electrons. The second-order valence-corrected chi connectivity index (χ2v) is 8.13. The summed E-state index contributed by atoms with van der Waals surface area (Å²) in [4.78, 5) is 12.1. The molecule has 2 rings (SSSR count). The Morgan fingerprint density at radius 3 is 2.23 bits per heavy atom. The summed E-state index contributed by atoms with van der Waals surface area (Å²) in [7, 11) is -3.73. The third-order valence-electron chi connectivity index (χ3n) is 3.69. The monoisotopic (exact) mass is 392 g/mol. The SMILES string of the molecule is Cc1cc(C)c(NC(=O)CNS(=O)(=O)/C=C/c2ccc(Cl)cc2)c(C)c1. The van der Waals surface area contributed by atoms with E-state index in [1.807, 2.05) is 32.9 Å². The number of benzene rings is 2. The first kappa shape index (κ1) is 20.2. The first-order valence-electron chi connectivity index (χ1n) is 7.97. The lowest BCUT2D eigenvalue weighted by atomic mass is 10.1. The number of aryl methyl sites for hydroxylation is 3. The van der Waals surface area contributed by atoms with Gasteiger partial charge in [-0.1, -0.05) is 41.4 Å². The van der Waals surface area contributed by atoms with Crippen molar-refractivity contribution >= 4 is 39.3 Å². The molecule has 2 aromatic carbocycles. The van der Waals surface area contributed by atoms with Crippen LogP contribution in [-0.2, 0) is 14.8 Å². The van der Waals surface area contributed by atoms with E-state index in [4.69, 9.17) is 11.6 Å². The zero-order valence-electron chi connectivity index (χ0n) is 14.8. The first-order chi connectivity index (χ1) is 12.2. The molecule has 138 valence electrons. The number of sulfonamides is 1. The van der Waals surface area contributed by atoms with Crippen LogP contribution in [0.5, 0.6) is 0 Å². The van der Waals surface area contributed by atoms with E-state index in [1.165, 1.54) is 6.08 Å². The number of nitrogens with one attached hydrogen (secondary N) is 2. The standard InChI is InChI=1S/C19H21ClN2O3S/c1-13-10-14(2)19(15(3)11-13)22-18(23)12-21-26(24,25)9-8-16-4-6-17(20)7-5-16/h4-11,21H,12H2,1-3H3,(H,22,23)/b9-8+. The summed E-state index contributed by atoms with van der Waals surface area (Å²) in [6.45, 7) is 5.43. The molecule has 1 amide bonds. The van der Waals surface area contributed by atoms with Crippen LogP contribution in [0.15, 0.2) is 41.8 Å². The predicted octanol–water partition coefficient (Wildman–Crippen LogP) is 3.79. The highest BCUT2D eigenvalue weighted by Gasteiger charge is 2.11. The van der Waals surface area contributed by atoms with E-state index >= 15 is 0 Å². The summed E-state index contributed by atoms with van der Waals surface area (Å²) >= 11 is 5.78. The van der Waals surface area contributed by atoms with Crippen LogP contribution in [-0.4, -0.2) is 20.9 Å². The van der Waals surface area contributed by atoms with Gasteiger partial charge in [-0.05, 0) is 55.7 Å². The van der Waals surface area contributed by atoms with Crippen molar-refractivity contribution in [2.45, 2.75) is 20.8 Å². The average Bonchev–Trinajstić information content (AvgIpc) is 2.56. The number of carbonyl (C=O) groups excluding carboxylic acids is 1. The maximum absolute atomic E-state index is 12.1. The van der Waals surface area contributed by atoms with Crippen LogP contribution in [0.25, 0.3) is 6.08 Å². The Kier molecular flexibility index (Phi) is 6.58. The molecule has 26 heavy (non-hydrogen) atoms. The smallest absolute Gasteiger partial charge is 0.239 e. The minimum Gasteiger partial charge on any atom is -0.324 e. The van der Waals surface area contributed by atoms with Crippen LogP contribution < -0.4 is 10.0 Å². The number of anilines is 1. The molecule has 0 bridgehead atoms. The van der Waals surface area contributed by atoms with Crippen molar-refractivity contribution in [1.82, 2.24) is 4.72 Å². The summed E-state index contributed by atoms with van der Waals surface area (Å²) < 4.78 is 26.3. The molecule has 2 aromatic rings. The third-order valence-corrected chi connectivity index (χ3v) is 4.98. The molecule has 0 fully saturated rings. The van der Waals surface area contributed by atoms with Gasteiger partial charge in [0.2, 0.25) is 15.9 Å². The van der Waals surface area contributed by atoms with Gasteiger partial charge in [-0.3, -0.25) is 4.79 Å². The molecule has 7 heteroatoms. The van der Waals surface area contributed by atoms with Gasteiger partial charge in [0.25, 0.3) is 0 Å². The Bertz CT molecular complexity index is 913. The van der Waals surface area contributed by atoms with Crippen molar-refractivity contribution in [1.29, 1.82) is 0 Å². The highest BCUT2D eigenvalue weighted by atomic mass is 35.5. The van der Waals surface area contributed by atoms with E-state index in [2.05, 4.69) is 10.0 Å². The Labute approximate surface area is 159 Å². The zero-order valence-corrected chi connectivity index (χ0v) is 16.4. The molecule has 5 nitrogen and oxygen atoms in total. The highest BCUT2D eigenvalue weighted by molar-refractivity contribution is 7.92. The Morgan fingerprint density at radius 2 is 1.65 bits per heavy atom. The quantitative estimate of drug-likeness (QED) is 0.785. The molecule has 0 saturated heterocycles. The van der Waals surface area contributed by atoms with Crippen LogP contribution in [0.1, 0.15) is 22.3 Å². The second kappa shape index (κ2) is 8.49. The molecule has 0 heterocycles. The first-order valence-corrected chi connectivity index (χ1v) is 9.90. The maximum atomic E-state index is 12.1. The van der Waals surface area contributed by atoms with Crippen LogP contribution in [0.3, 0.4) is 0 Å². The summed E-state index contributed by atoms with van der Waals surface area (Å²) in [6, 6.07) is 10.7. The maximum Gasteiger partial charge on any atom is 0.239 e. The Hall–Kier alpha value is -2.15. The average molecular weight is 393 g/mol. The number of carbonyl (C=O) groups is 1. The fourth-order valence-electron chi connectivity index (χ4n) is 2.52. The van der Waals surface area contributed by atoms with Gasteiger partial charge in [0.15, 0.2) is 0 Å². The van der Waals surface area contributed by atoms with Crippen molar-refractivity contribution in [3.8, 4) is 0 Å². The van der Waals surface area contributed by atoms with Gasteiger partial charge >= 0.3 is 0 Å². The van der Waals surface area contributed by atoms with Gasteiger partial charge < -0.3 is 5.32 Å². The van der Waals surface area contributed by atoms with Crippen LogP contribution >= 0.6 is 11.6 Å². The van der Waals surface area contributed by atoms with E-state index in [9.17, 15) is 13.2 Å². The third kappa shape index (κ3) is 5.98. The second-order valence-electron chi connectivity index (χ2n) is 6.04. The van der Waals surface area contributed by atoms with E-state index < -0.39 is 15.9 Å². The fraction of sp³-hybridized carbons (Fsp3) is 0.211. The predicted molar refractivity (Wildman–Crippen MR) is 107 cm³/mol. The van der Waals surface area contributed by atoms with Crippen LogP contribution in [0, 0.1) is 20.8 Å². The summed E-state index contributed by atoms with van der Waals surface area (Å²) in [5.74, 6) is -0.427. The molecule has 0 atom stereocenters. The topological polar surface area (TPSA) is 75.3 Å². The summed E-state index contributed by atoms with van der Waals surface area (Å²) in [5.41, 5.74) is 4.36. The number of amides is 1. The van der Waals surface area contributed by atoms with Gasteiger partial charge in [-0.15, -0.1) is 0 Å². The molecule has 2 N–H and O–H groups in total. The van der Waals surface area contributed by atoms with Gasteiger partial charge in [0, 0.05) is 16.1 Å². The number of halogens is 1. The number of rotatable bonds is 6. The molecule has 0 aliphatic rings. The molecule has 0 spiro atoms. The van der Waals surface area contributed by atoms with E-state index in [1.54, 1.807) is 24.3 Å². The number of hydrogen-bond acceptors (Lipinski definition) is 3. The zero-order chi connectivity index (χ0) is 19.3. The van der Waals surface area contributed by atoms with E-state index in [-0.39, 0.29) is 6.54 Å². The van der Waals surface area contributed by atoms with Gasteiger partial charge in [0.1, 0.15) is 0 Å². The molecular weight excluding hydrogens is 372 g/mol. The van der Waals surface area contributed by atoms with E-state index in [0.717, 1.165) is 22.1 Å². The minimum absolute atomic E-state index is 0.347. The molecule has 0 aliphatic heterocycles. The molecule has 0 aromatic heterocycles. The van der Waals surface area contributed by atoms with Crippen molar-refractivity contribution in [2.75, 3.05) is 11.9 Å². The van der Waals surface area contributed by atoms with Gasteiger partial charge in [0.05, 0.1) is 6.54 Å². The Balaban J connectivity index is 1.96. The highest BCUT2D eigenvalue weighted by Crippen LogP contribution is 2.21. The summed E-state index contributed by atoms with van der Waals surface area (Å²) in [6.07, 6.45) is 1.44. The van der Waals surface area contributed by atoms with Crippen molar-refractivity contribution in [3.05, 3.63) is 69.1 Å². The number of hydrogen-bond donors (Lipinski definition) is 2. The van der Waals surface area contributed by atoms with Crippen molar-refractivity contribution in [2.24, 2.45) is 0 Å². The molecule has 0 saturated carbocycles. The van der Waals surface area contributed by atoms with E-state index in [0.29, 0.717) is 16.3 Å². The lowest BCUT2D eigenvalue weighted by Crippen LogP contribution is -2.32. The van der Waals surface area contributed by atoms with Gasteiger partial charge in [-0.2, -0.15) is 0 Å². The Morgan fingerprint density at radius 1 is 1.08 bits per heavy atom. The molecular formula is C19H21ClN2O3S. The molecule has 0 unspecified atom stereocenters. The lowest BCUT2D eigenvalue weighted by Gasteiger charge is -2.13. The van der Waals surface area contributed by atoms with Crippen molar-refractivity contribution in [3.63, 3.8) is 0 Å². The fourth-order valence-corrected chi connectivity index (χ4v) is 3.41. The van der Waals surface area contributed by atoms with Crippen LogP contribution in [0.4, 0.5) is 5.69 Å². The summed E-state index contributed by atoms with van der Waals surface area (Å²) in [5, 5.41) is 4.34. The molecule has 0 aliphatic carbocycles. The largest absolute Gasteiger partial charge is 0.324 e. The lowest BCUT2D eigenvalue weighted by molar-refractivity contribution is -0.115. The van der Waals surface area contributed by atoms with Crippen LogP contribution in [0.2, 0.25) is 5.02 Å². The normalized spacial score (nSPS) is 11.7. The van der Waals surface area contributed by atoms with Crippen molar-refractivity contribution < 1.29 is 13.2 Å². The minimum atomic E-state index is -3.73.